The van der Waals surface area contributed by atoms with Crippen LogP contribution in [0.5, 0.6) is 0 Å². The number of carboxylic acids is 1. The molecule has 0 aromatic heterocycles. The van der Waals surface area contributed by atoms with Gasteiger partial charge in [-0.05, 0) is 85.2 Å². The first kappa shape index (κ1) is 25.3. The first-order chi connectivity index (χ1) is 16.1. The van der Waals surface area contributed by atoms with Gasteiger partial charge < -0.3 is 15.7 Å². The zero-order valence-corrected chi connectivity index (χ0v) is 21.0. The summed E-state index contributed by atoms with van der Waals surface area (Å²) in [6.07, 6.45) is 0. The third kappa shape index (κ3) is 5.97. The van der Waals surface area contributed by atoms with Crippen molar-refractivity contribution in [1.29, 1.82) is 0 Å². The van der Waals surface area contributed by atoms with Crippen molar-refractivity contribution in [3.8, 4) is 11.1 Å². The van der Waals surface area contributed by atoms with Gasteiger partial charge >= 0.3 is 5.97 Å². The molecule has 2 atom stereocenters. The molecular formula is C28H31ClN2O3. The van der Waals surface area contributed by atoms with Gasteiger partial charge in [-0.1, -0.05) is 54.9 Å². The molecule has 5 nitrogen and oxygen atoms in total. The van der Waals surface area contributed by atoms with E-state index < -0.39 is 12.0 Å². The van der Waals surface area contributed by atoms with Crippen molar-refractivity contribution >= 4 is 29.2 Å². The summed E-state index contributed by atoms with van der Waals surface area (Å²) in [4.78, 5) is 23.7. The molecule has 0 aliphatic carbocycles. The second-order valence-electron chi connectivity index (χ2n) is 8.89. The Kier molecular flexibility index (Phi) is 8.00. The van der Waals surface area contributed by atoms with Gasteiger partial charge in [0.05, 0.1) is 0 Å². The Morgan fingerprint density at radius 2 is 1.59 bits per heavy atom. The molecule has 0 heterocycles. The van der Waals surface area contributed by atoms with Crippen LogP contribution in [0.2, 0.25) is 5.02 Å². The maximum absolute atomic E-state index is 12.6. The van der Waals surface area contributed by atoms with E-state index in [-0.39, 0.29) is 5.91 Å². The van der Waals surface area contributed by atoms with E-state index in [4.69, 9.17) is 16.7 Å². The lowest BCUT2D eigenvalue weighted by Crippen LogP contribution is -2.38. The molecule has 3 N–H and O–H groups in total. The van der Waals surface area contributed by atoms with Crippen LogP contribution < -0.4 is 10.6 Å². The molecular weight excluding hydrogens is 448 g/mol. The quantitative estimate of drug-likeness (QED) is 0.352. The number of benzene rings is 3. The highest BCUT2D eigenvalue weighted by Gasteiger charge is 2.19. The Hall–Kier alpha value is -3.31. The summed E-state index contributed by atoms with van der Waals surface area (Å²) in [5.74, 6) is -1.13. The third-order valence-corrected chi connectivity index (χ3v) is 6.46. The highest BCUT2D eigenvalue weighted by molar-refractivity contribution is 6.31. The number of aliphatic carboxylic acids is 1. The molecule has 0 radical (unpaired) electrons. The topological polar surface area (TPSA) is 78.4 Å². The number of amides is 1. The number of carbonyl (C=O) groups is 2. The number of aryl methyl sites for hydroxylation is 3. The molecule has 3 aromatic rings. The Labute approximate surface area is 206 Å². The summed E-state index contributed by atoms with van der Waals surface area (Å²) in [5.41, 5.74) is 7.49. The monoisotopic (exact) mass is 478 g/mol. The predicted octanol–water partition coefficient (Wildman–Crippen LogP) is 6.35. The fraction of sp³-hybridized carbons (Fsp3) is 0.286. The molecule has 0 bridgehead atoms. The minimum atomic E-state index is -1.06. The fourth-order valence-corrected chi connectivity index (χ4v) is 4.11. The second kappa shape index (κ2) is 10.7. The molecule has 1 amide bonds. The van der Waals surface area contributed by atoms with E-state index in [1.54, 1.807) is 0 Å². The fourth-order valence-electron chi connectivity index (χ4n) is 3.99. The minimum Gasteiger partial charge on any atom is -0.480 e. The zero-order chi connectivity index (χ0) is 25.0. The van der Waals surface area contributed by atoms with Crippen LogP contribution in [0.4, 0.5) is 5.69 Å². The van der Waals surface area contributed by atoms with Crippen LogP contribution in [-0.4, -0.2) is 29.6 Å². The van der Waals surface area contributed by atoms with Gasteiger partial charge in [0.25, 0.3) is 5.91 Å². The molecule has 0 spiro atoms. The van der Waals surface area contributed by atoms with Crippen LogP contribution in [0.15, 0.2) is 54.6 Å². The van der Waals surface area contributed by atoms with E-state index in [1.807, 2.05) is 57.2 Å². The van der Waals surface area contributed by atoms with Crippen molar-refractivity contribution in [2.45, 2.75) is 46.6 Å². The number of carbonyl (C=O) groups excluding carboxylic acids is 1. The van der Waals surface area contributed by atoms with Gasteiger partial charge in [-0.25, -0.2) is 0 Å². The number of hydrogen-bond donors (Lipinski definition) is 3. The van der Waals surface area contributed by atoms with Crippen LogP contribution in [0.3, 0.4) is 0 Å². The van der Waals surface area contributed by atoms with Gasteiger partial charge in [-0.2, -0.15) is 0 Å². The molecule has 0 saturated carbocycles. The average molecular weight is 479 g/mol. The standard InChI is InChI=1S/C28H31ClN2O3/c1-16-11-21(9-10-25(16)29)19(4)15-30-24-8-6-7-22(14-24)23-12-17(2)26(18(3)13-23)27(32)31-20(5)28(33)34/h6-14,19-20,30H,15H2,1-5H3,(H,31,32)(H,33,34)/t19?,20-/m0/s1. The molecule has 1 unspecified atom stereocenters. The highest BCUT2D eigenvalue weighted by atomic mass is 35.5. The lowest BCUT2D eigenvalue weighted by molar-refractivity contribution is -0.138. The Balaban J connectivity index is 1.76. The van der Waals surface area contributed by atoms with Gasteiger partial charge in [0.1, 0.15) is 6.04 Å². The summed E-state index contributed by atoms with van der Waals surface area (Å²) >= 11 is 6.16. The van der Waals surface area contributed by atoms with Crippen molar-refractivity contribution in [3.05, 3.63) is 87.4 Å². The second-order valence-corrected chi connectivity index (χ2v) is 9.30. The minimum absolute atomic E-state index is 0.315. The number of carboxylic acid groups (broad SMARTS) is 1. The van der Waals surface area contributed by atoms with Crippen LogP contribution in [0.25, 0.3) is 11.1 Å². The molecule has 0 aliphatic rings. The van der Waals surface area contributed by atoms with Crippen molar-refractivity contribution in [3.63, 3.8) is 0 Å². The summed E-state index contributed by atoms with van der Waals surface area (Å²) < 4.78 is 0. The summed E-state index contributed by atoms with van der Waals surface area (Å²) in [6, 6.07) is 17.3. The van der Waals surface area contributed by atoms with Gasteiger partial charge in [0.2, 0.25) is 0 Å². The van der Waals surface area contributed by atoms with Crippen LogP contribution in [0.1, 0.15) is 52.4 Å². The van der Waals surface area contributed by atoms with Gasteiger partial charge in [0, 0.05) is 22.8 Å². The third-order valence-electron chi connectivity index (χ3n) is 6.04. The largest absolute Gasteiger partial charge is 0.480 e. The zero-order valence-electron chi connectivity index (χ0n) is 20.2. The molecule has 0 fully saturated rings. The summed E-state index contributed by atoms with van der Waals surface area (Å²) in [7, 11) is 0. The number of anilines is 1. The van der Waals surface area contributed by atoms with Crippen LogP contribution in [-0.2, 0) is 4.79 Å². The Morgan fingerprint density at radius 3 is 2.21 bits per heavy atom. The molecule has 0 aliphatic heterocycles. The van der Waals surface area contributed by atoms with E-state index >= 15 is 0 Å². The van der Waals surface area contributed by atoms with Gasteiger partial charge in [-0.15, -0.1) is 0 Å². The van der Waals surface area contributed by atoms with Crippen molar-refractivity contribution in [1.82, 2.24) is 5.32 Å². The molecule has 0 saturated heterocycles. The van der Waals surface area contributed by atoms with Crippen molar-refractivity contribution in [2.24, 2.45) is 0 Å². The Bertz CT molecular complexity index is 1200. The van der Waals surface area contributed by atoms with Crippen molar-refractivity contribution < 1.29 is 14.7 Å². The van der Waals surface area contributed by atoms with Crippen LogP contribution in [0, 0.1) is 20.8 Å². The lowest BCUT2D eigenvalue weighted by Gasteiger charge is -2.17. The van der Waals surface area contributed by atoms with E-state index in [0.29, 0.717) is 11.5 Å². The molecule has 3 aromatic carbocycles. The average Bonchev–Trinajstić information content (AvgIpc) is 2.78. The normalized spacial score (nSPS) is 12.6. The molecule has 34 heavy (non-hydrogen) atoms. The predicted molar refractivity (Wildman–Crippen MR) is 139 cm³/mol. The van der Waals surface area contributed by atoms with Crippen molar-refractivity contribution in [2.75, 3.05) is 11.9 Å². The maximum Gasteiger partial charge on any atom is 0.325 e. The van der Waals surface area contributed by atoms with Gasteiger partial charge in [-0.3, -0.25) is 9.59 Å². The highest BCUT2D eigenvalue weighted by Crippen LogP contribution is 2.28. The summed E-state index contributed by atoms with van der Waals surface area (Å²) in [6.45, 7) is 10.2. The molecule has 3 rings (SSSR count). The van der Waals surface area contributed by atoms with Gasteiger partial charge in [0.15, 0.2) is 0 Å². The van der Waals surface area contributed by atoms with E-state index in [9.17, 15) is 9.59 Å². The van der Waals surface area contributed by atoms with Crippen LogP contribution >= 0.6 is 11.6 Å². The SMILES string of the molecule is Cc1cc(C(C)CNc2cccc(-c3cc(C)c(C(=O)N[C@@H](C)C(=O)O)c(C)c3)c2)ccc1Cl. The number of halogens is 1. The lowest BCUT2D eigenvalue weighted by atomic mass is 9.94. The first-order valence-electron chi connectivity index (χ1n) is 11.3. The van der Waals surface area contributed by atoms with E-state index in [0.717, 1.165) is 45.1 Å². The maximum atomic E-state index is 12.6. The smallest absolute Gasteiger partial charge is 0.325 e. The molecule has 6 heteroatoms. The van der Waals surface area contributed by atoms with E-state index in [1.165, 1.54) is 12.5 Å². The first-order valence-corrected chi connectivity index (χ1v) is 11.7. The Morgan fingerprint density at radius 1 is 0.912 bits per heavy atom. The number of rotatable bonds is 8. The number of hydrogen-bond acceptors (Lipinski definition) is 3. The van der Waals surface area contributed by atoms with E-state index in [2.05, 4.69) is 35.8 Å². The number of nitrogens with one attached hydrogen (secondary N) is 2. The summed E-state index contributed by atoms with van der Waals surface area (Å²) in [5, 5.41) is 15.9. The molecule has 178 valence electrons.